The number of ether oxygens (including phenoxy) is 2. The summed E-state index contributed by atoms with van der Waals surface area (Å²) in [5.74, 6) is -1.29. The molecule has 7 heteroatoms. The number of sulfone groups is 1. The Morgan fingerprint density at radius 2 is 1.83 bits per heavy atom. The van der Waals surface area contributed by atoms with Crippen LogP contribution in [0, 0.1) is 12.8 Å². The van der Waals surface area contributed by atoms with Gasteiger partial charge in [-0.2, -0.15) is 0 Å². The fraction of sp³-hybridized carbons (Fsp3) is 0.409. The lowest BCUT2D eigenvalue weighted by Gasteiger charge is -2.32. The highest BCUT2D eigenvalue weighted by Crippen LogP contribution is 2.48. The highest BCUT2D eigenvalue weighted by Gasteiger charge is 2.55. The van der Waals surface area contributed by atoms with Gasteiger partial charge in [-0.15, -0.1) is 0 Å². The van der Waals surface area contributed by atoms with Gasteiger partial charge >= 0.3 is 0 Å². The van der Waals surface area contributed by atoms with E-state index in [1.807, 2.05) is 6.07 Å². The van der Waals surface area contributed by atoms with Crippen molar-refractivity contribution in [1.82, 2.24) is 0 Å². The van der Waals surface area contributed by atoms with Gasteiger partial charge in [-0.25, -0.2) is 8.42 Å². The van der Waals surface area contributed by atoms with Gasteiger partial charge in [0.1, 0.15) is 0 Å². The summed E-state index contributed by atoms with van der Waals surface area (Å²) in [6.45, 7) is 3.19. The van der Waals surface area contributed by atoms with E-state index in [1.54, 1.807) is 48.2 Å². The van der Waals surface area contributed by atoms with Gasteiger partial charge in [0.2, 0.25) is 9.84 Å². The van der Waals surface area contributed by atoms with Crippen molar-refractivity contribution < 1.29 is 22.7 Å². The number of amides is 1. The van der Waals surface area contributed by atoms with Crippen LogP contribution in [0.4, 0.5) is 5.69 Å². The van der Waals surface area contributed by atoms with Crippen molar-refractivity contribution in [2.75, 3.05) is 24.7 Å². The third kappa shape index (κ3) is 2.91. The van der Waals surface area contributed by atoms with E-state index in [0.29, 0.717) is 48.9 Å². The molecule has 0 aromatic heterocycles. The second kappa shape index (κ2) is 6.65. The summed E-state index contributed by atoms with van der Waals surface area (Å²) < 4.78 is 38.4. The Kier molecular flexibility index (Phi) is 4.31. The van der Waals surface area contributed by atoms with Crippen molar-refractivity contribution in [2.24, 2.45) is 5.92 Å². The predicted molar refractivity (Wildman–Crippen MR) is 106 cm³/mol. The van der Waals surface area contributed by atoms with Gasteiger partial charge in [-0.3, -0.25) is 4.79 Å². The van der Waals surface area contributed by atoms with Gasteiger partial charge in [-0.1, -0.05) is 18.2 Å². The second-order valence-electron chi connectivity index (χ2n) is 7.97. The Bertz CT molecular complexity index is 1080. The van der Waals surface area contributed by atoms with Gasteiger partial charge < -0.3 is 14.4 Å². The molecule has 2 aliphatic heterocycles. The van der Waals surface area contributed by atoms with Gasteiger partial charge in [0, 0.05) is 12.1 Å². The summed E-state index contributed by atoms with van der Waals surface area (Å²) in [5, 5.41) is 0. The third-order valence-electron chi connectivity index (χ3n) is 5.87. The molecule has 1 amide bonds. The molecule has 5 rings (SSSR count). The Labute approximate surface area is 170 Å². The monoisotopic (exact) mass is 413 g/mol. The molecule has 1 saturated heterocycles. The Balaban J connectivity index is 1.64. The minimum atomic E-state index is -3.73. The molecular formula is C22H23NO5S. The average Bonchev–Trinajstić information content (AvgIpc) is 3.53. The molecule has 6 nitrogen and oxygen atoms in total. The molecule has 0 radical (unpaired) electrons. The fourth-order valence-corrected chi connectivity index (χ4v) is 5.64. The van der Waals surface area contributed by atoms with Crippen LogP contribution in [0.15, 0.2) is 52.3 Å². The molecule has 1 spiro atoms. The van der Waals surface area contributed by atoms with Gasteiger partial charge in [0.15, 0.2) is 0 Å². The number of carbonyl (C=O) groups excluding carboxylic acids is 1. The van der Waals surface area contributed by atoms with Crippen molar-refractivity contribution in [3.05, 3.63) is 53.6 Å². The van der Waals surface area contributed by atoms with E-state index in [-0.39, 0.29) is 15.7 Å². The minimum Gasteiger partial charge on any atom is -0.338 e. The van der Waals surface area contributed by atoms with Crippen LogP contribution in [0.1, 0.15) is 30.4 Å². The largest absolute Gasteiger partial charge is 0.338 e. The minimum absolute atomic E-state index is 0.142. The van der Waals surface area contributed by atoms with Crippen molar-refractivity contribution in [3.8, 4) is 0 Å². The molecule has 2 aromatic rings. The number of rotatable bonds is 4. The van der Waals surface area contributed by atoms with Gasteiger partial charge in [0.25, 0.3) is 11.7 Å². The topological polar surface area (TPSA) is 72.9 Å². The van der Waals surface area contributed by atoms with Crippen molar-refractivity contribution in [2.45, 2.75) is 41.8 Å². The molecule has 0 N–H and O–H groups in total. The van der Waals surface area contributed by atoms with E-state index in [0.717, 1.165) is 12.8 Å². The highest BCUT2D eigenvalue weighted by atomic mass is 32.2. The molecule has 2 aromatic carbocycles. The van der Waals surface area contributed by atoms with Gasteiger partial charge in [0.05, 0.1) is 28.7 Å². The summed E-state index contributed by atoms with van der Waals surface area (Å²) in [6.07, 6.45) is 2.91. The lowest BCUT2D eigenvalue weighted by Crippen LogP contribution is -2.47. The first-order chi connectivity index (χ1) is 13.9. The summed E-state index contributed by atoms with van der Waals surface area (Å²) in [6, 6.07) is 11.8. The third-order valence-corrected chi connectivity index (χ3v) is 7.78. The van der Waals surface area contributed by atoms with E-state index in [1.165, 1.54) is 0 Å². The molecule has 2 fully saturated rings. The lowest BCUT2D eigenvalue weighted by molar-refractivity contribution is -0.256. The van der Waals surface area contributed by atoms with Crippen LogP contribution >= 0.6 is 0 Å². The first kappa shape index (κ1) is 18.8. The Morgan fingerprint density at radius 1 is 1.10 bits per heavy atom. The Hall–Kier alpha value is -2.22. The number of fused-ring (bicyclic) bond motifs is 2. The zero-order chi connectivity index (χ0) is 20.2. The second-order valence-corrected chi connectivity index (χ2v) is 9.89. The van der Waals surface area contributed by atoms with Crippen LogP contribution in [0.2, 0.25) is 0 Å². The normalized spacial score (nSPS) is 20.9. The SMILES string of the molecule is Cc1ccccc1S(=O)(=O)c1ccc2c(c1)C1(OCCCO1)C(=O)N2CC1CC1. The molecule has 152 valence electrons. The lowest BCUT2D eigenvalue weighted by atomic mass is 10.1. The zero-order valence-electron chi connectivity index (χ0n) is 16.3. The van der Waals surface area contributed by atoms with Crippen molar-refractivity contribution in [1.29, 1.82) is 0 Å². The van der Waals surface area contributed by atoms with E-state index in [4.69, 9.17) is 9.47 Å². The van der Waals surface area contributed by atoms with Gasteiger partial charge in [-0.05, 0) is 61.9 Å². The molecule has 0 unspecified atom stereocenters. The van der Waals surface area contributed by atoms with E-state index in [9.17, 15) is 13.2 Å². The highest BCUT2D eigenvalue weighted by molar-refractivity contribution is 7.91. The van der Waals surface area contributed by atoms with Crippen LogP contribution in [0.25, 0.3) is 0 Å². The Morgan fingerprint density at radius 3 is 2.52 bits per heavy atom. The van der Waals surface area contributed by atoms with E-state index in [2.05, 4.69) is 0 Å². The van der Waals surface area contributed by atoms with Crippen LogP contribution in [0.3, 0.4) is 0 Å². The first-order valence-corrected chi connectivity index (χ1v) is 11.5. The smallest absolute Gasteiger partial charge is 0.292 e. The number of hydrogen-bond donors (Lipinski definition) is 0. The molecule has 2 heterocycles. The number of aryl methyl sites for hydroxylation is 1. The molecule has 3 aliphatic rings. The number of hydrogen-bond acceptors (Lipinski definition) is 5. The number of carbonyl (C=O) groups is 1. The quantitative estimate of drug-likeness (QED) is 0.770. The number of anilines is 1. The molecule has 29 heavy (non-hydrogen) atoms. The molecule has 1 aliphatic carbocycles. The predicted octanol–water partition coefficient (Wildman–Crippen LogP) is 3.17. The molecular weight excluding hydrogens is 390 g/mol. The van der Waals surface area contributed by atoms with Crippen LogP contribution in [-0.2, 0) is 29.9 Å². The van der Waals surface area contributed by atoms with Crippen LogP contribution in [0.5, 0.6) is 0 Å². The maximum absolute atomic E-state index is 13.3. The van der Waals surface area contributed by atoms with Crippen molar-refractivity contribution >= 4 is 21.4 Å². The maximum Gasteiger partial charge on any atom is 0.292 e. The maximum atomic E-state index is 13.3. The number of nitrogens with zero attached hydrogens (tertiary/aromatic N) is 1. The van der Waals surface area contributed by atoms with Crippen molar-refractivity contribution in [3.63, 3.8) is 0 Å². The van der Waals surface area contributed by atoms with Crippen LogP contribution < -0.4 is 4.90 Å². The summed E-state index contributed by atoms with van der Waals surface area (Å²) in [4.78, 5) is 15.4. The molecule has 0 atom stereocenters. The summed E-state index contributed by atoms with van der Waals surface area (Å²) >= 11 is 0. The van der Waals surface area contributed by atoms with E-state index < -0.39 is 15.6 Å². The fourth-order valence-electron chi connectivity index (χ4n) is 4.12. The summed E-state index contributed by atoms with van der Waals surface area (Å²) in [7, 11) is -3.73. The summed E-state index contributed by atoms with van der Waals surface area (Å²) in [5.41, 5.74) is 1.87. The number of benzene rings is 2. The average molecular weight is 413 g/mol. The van der Waals surface area contributed by atoms with Crippen LogP contribution in [-0.4, -0.2) is 34.1 Å². The van der Waals surface area contributed by atoms with E-state index >= 15 is 0 Å². The zero-order valence-corrected chi connectivity index (χ0v) is 17.1. The first-order valence-electron chi connectivity index (χ1n) is 9.98. The molecule has 1 saturated carbocycles. The standard InChI is InChI=1S/C22H23NO5S/c1-15-5-2-3-6-20(15)29(25,26)17-9-10-19-18(13-17)22(27-11-4-12-28-22)21(24)23(19)14-16-7-8-16/h2-3,5-6,9-10,13,16H,4,7-8,11-12,14H2,1H3. The molecule has 0 bridgehead atoms.